The van der Waals surface area contributed by atoms with Gasteiger partial charge in [0.1, 0.15) is 5.82 Å². The monoisotopic (exact) mass is 219 g/mol. The van der Waals surface area contributed by atoms with E-state index in [1.165, 1.54) is 12.1 Å². The molecule has 84 valence electrons. The minimum absolute atomic E-state index is 0.00375. The van der Waals surface area contributed by atoms with Gasteiger partial charge in [-0.1, -0.05) is 13.8 Å². The van der Waals surface area contributed by atoms with E-state index >= 15 is 0 Å². The van der Waals surface area contributed by atoms with Crippen molar-refractivity contribution in [3.05, 3.63) is 35.8 Å². The summed E-state index contributed by atoms with van der Waals surface area (Å²) in [6.07, 6.45) is 2.48. The average Bonchev–Trinajstić information content (AvgIpc) is 2.69. The fourth-order valence-electron chi connectivity index (χ4n) is 1.75. The molecule has 16 heavy (non-hydrogen) atoms. The van der Waals surface area contributed by atoms with E-state index in [-0.39, 0.29) is 17.5 Å². The first-order valence-electron chi connectivity index (χ1n) is 5.44. The zero-order valence-corrected chi connectivity index (χ0v) is 9.38. The summed E-state index contributed by atoms with van der Waals surface area (Å²) in [7, 11) is 0. The van der Waals surface area contributed by atoms with Gasteiger partial charge in [-0.3, -0.25) is 4.79 Å². The number of hydrogen-bond acceptors (Lipinski definition) is 1. The summed E-state index contributed by atoms with van der Waals surface area (Å²) in [5, 5.41) is 0.798. The molecule has 0 saturated heterocycles. The van der Waals surface area contributed by atoms with E-state index in [2.05, 4.69) is 4.98 Å². The molecule has 1 atom stereocenters. The van der Waals surface area contributed by atoms with Gasteiger partial charge in [0.2, 0.25) is 0 Å². The number of hydrogen-bond donors (Lipinski definition) is 1. The van der Waals surface area contributed by atoms with Gasteiger partial charge in [-0.25, -0.2) is 4.39 Å². The van der Waals surface area contributed by atoms with Crippen molar-refractivity contribution in [2.24, 2.45) is 5.92 Å². The minimum atomic E-state index is -0.295. The normalized spacial score (nSPS) is 12.9. The summed E-state index contributed by atoms with van der Waals surface area (Å²) in [4.78, 5) is 14.9. The highest BCUT2D eigenvalue weighted by Gasteiger charge is 2.17. The van der Waals surface area contributed by atoms with Crippen molar-refractivity contribution < 1.29 is 9.18 Å². The number of nitrogens with one attached hydrogen (secondary N) is 1. The maximum absolute atomic E-state index is 13.0. The van der Waals surface area contributed by atoms with Crippen LogP contribution in [-0.2, 0) is 0 Å². The number of Topliss-reactive ketones (excluding diaryl/α,β-unsaturated/α-hetero) is 1. The number of aromatic nitrogens is 1. The van der Waals surface area contributed by atoms with Crippen LogP contribution in [-0.4, -0.2) is 10.8 Å². The molecular formula is C13H14FNO. The fraction of sp³-hybridized carbons (Fsp3) is 0.308. The lowest BCUT2D eigenvalue weighted by Crippen LogP contribution is -2.09. The predicted octanol–water partition coefficient (Wildman–Crippen LogP) is 3.54. The van der Waals surface area contributed by atoms with E-state index in [4.69, 9.17) is 0 Å². The number of ketones is 1. The summed E-state index contributed by atoms with van der Waals surface area (Å²) in [5.74, 6) is -0.179. The Morgan fingerprint density at radius 3 is 2.94 bits per heavy atom. The van der Waals surface area contributed by atoms with Crippen LogP contribution >= 0.6 is 0 Å². The number of aromatic amines is 1. The van der Waals surface area contributed by atoms with Crippen molar-refractivity contribution in [3.8, 4) is 0 Å². The maximum Gasteiger partial charge on any atom is 0.167 e. The van der Waals surface area contributed by atoms with Crippen LogP contribution in [0.2, 0.25) is 0 Å². The van der Waals surface area contributed by atoms with Gasteiger partial charge in [0.05, 0.1) is 0 Å². The lowest BCUT2D eigenvalue weighted by molar-refractivity contribution is 0.0929. The second-order valence-electron chi connectivity index (χ2n) is 4.07. The lowest BCUT2D eigenvalue weighted by Gasteiger charge is -2.05. The molecule has 0 fully saturated rings. The molecule has 1 aromatic carbocycles. The molecule has 3 heteroatoms. The molecule has 0 aliphatic heterocycles. The predicted molar refractivity (Wildman–Crippen MR) is 62.0 cm³/mol. The maximum atomic E-state index is 13.0. The van der Waals surface area contributed by atoms with E-state index in [0.29, 0.717) is 11.1 Å². The van der Waals surface area contributed by atoms with Gasteiger partial charge in [-0.15, -0.1) is 0 Å². The Labute approximate surface area is 93.5 Å². The van der Waals surface area contributed by atoms with Crippen molar-refractivity contribution in [2.45, 2.75) is 20.3 Å². The van der Waals surface area contributed by atoms with Crippen molar-refractivity contribution in [1.82, 2.24) is 4.98 Å². The Hall–Kier alpha value is -1.64. The third kappa shape index (κ3) is 1.73. The summed E-state index contributed by atoms with van der Waals surface area (Å²) < 4.78 is 13.0. The number of fused-ring (bicyclic) bond motifs is 1. The highest BCUT2D eigenvalue weighted by molar-refractivity contribution is 6.08. The highest BCUT2D eigenvalue weighted by Crippen LogP contribution is 2.22. The van der Waals surface area contributed by atoms with Gasteiger partial charge in [0, 0.05) is 28.6 Å². The fourth-order valence-corrected chi connectivity index (χ4v) is 1.75. The first kappa shape index (κ1) is 10.9. The van der Waals surface area contributed by atoms with Crippen LogP contribution in [0.15, 0.2) is 24.4 Å². The van der Waals surface area contributed by atoms with Gasteiger partial charge in [-0.2, -0.15) is 0 Å². The molecule has 1 aromatic heterocycles. The quantitative estimate of drug-likeness (QED) is 0.787. The molecule has 2 nitrogen and oxygen atoms in total. The smallest absolute Gasteiger partial charge is 0.167 e. The van der Waals surface area contributed by atoms with Crippen LogP contribution in [0.5, 0.6) is 0 Å². The highest BCUT2D eigenvalue weighted by atomic mass is 19.1. The molecule has 0 amide bonds. The van der Waals surface area contributed by atoms with Crippen molar-refractivity contribution in [1.29, 1.82) is 0 Å². The number of rotatable bonds is 3. The Morgan fingerprint density at radius 1 is 1.50 bits per heavy atom. The number of carbonyl (C=O) groups excluding carboxylic acids is 1. The molecule has 0 aliphatic carbocycles. The minimum Gasteiger partial charge on any atom is -0.360 e. The average molecular weight is 219 g/mol. The Bertz CT molecular complexity index is 530. The lowest BCUT2D eigenvalue weighted by atomic mass is 9.97. The van der Waals surface area contributed by atoms with Crippen LogP contribution < -0.4 is 0 Å². The van der Waals surface area contributed by atoms with E-state index < -0.39 is 0 Å². The van der Waals surface area contributed by atoms with Crippen LogP contribution in [0.4, 0.5) is 4.39 Å². The van der Waals surface area contributed by atoms with Gasteiger partial charge in [0.15, 0.2) is 5.78 Å². The first-order chi connectivity index (χ1) is 7.63. The molecule has 2 rings (SSSR count). The van der Waals surface area contributed by atoms with Gasteiger partial charge in [0.25, 0.3) is 0 Å². The van der Waals surface area contributed by atoms with E-state index in [1.807, 2.05) is 13.8 Å². The Morgan fingerprint density at radius 2 is 2.25 bits per heavy atom. The Kier molecular flexibility index (Phi) is 2.77. The number of H-pyrrole nitrogens is 1. The largest absolute Gasteiger partial charge is 0.360 e. The standard InChI is InChI=1S/C13H14FNO/c1-3-8(2)13(16)11-7-15-12-6-9(14)4-5-10(11)12/h4-8,15H,3H2,1-2H3. The summed E-state index contributed by atoms with van der Waals surface area (Å²) >= 11 is 0. The molecule has 0 bridgehead atoms. The molecule has 1 heterocycles. The van der Waals surface area contributed by atoms with E-state index in [1.54, 1.807) is 12.3 Å². The SMILES string of the molecule is CCC(C)C(=O)c1c[nH]c2cc(F)ccc12. The van der Waals surface area contributed by atoms with Gasteiger partial charge in [-0.05, 0) is 24.6 Å². The number of halogens is 1. The zero-order valence-electron chi connectivity index (χ0n) is 9.38. The molecule has 1 N–H and O–H groups in total. The molecule has 1 unspecified atom stereocenters. The van der Waals surface area contributed by atoms with Crippen LogP contribution in [0.25, 0.3) is 10.9 Å². The Balaban J connectivity index is 2.50. The van der Waals surface area contributed by atoms with Gasteiger partial charge < -0.3 is 4.98 Å². The molecule has 2 aromatic rings. The summed E-state index contributed by atoms with van der Waals surface area (Å²) in [6, 6.07) is 4.43. The van der Waals surface area contributed by atoms with Crippen LogP contribution in [0.3, 0.4) is 0 Å². The van der Waals surface area contributed by atoms with Crippen molar-refractivity contribution >= 4 is 16.7 Å². The molecule has 0 saturated carbocycles. The molecular weight excluding hydrogens is 205 g/mol. The summed E-state index contributed by atoms with van der Waals surface area (Å²) in [6.45, 7) is 3.89. The van der Waals surface area contributed by atoms with Crippen LogP contribution in [0, 0.1) is 11.7 Å². The van der Waals surface area contributed by atoms with Crippen molar-refractivity contribution in [3.63, 3.8) is 0 Å². The van der Waals surface area contributed by atoms with Crippen molar-refractivity contribution in [2.75, 3.05) is 0 Å². The molecule has 0 radical (unpaired) electrons. The zero-order chi connectivity index (χ0) is 11.7. The second-order valence-corrected chi connectivity index (χ2v) is 4.07. The first-order valence-corrected chi connectivity index (χ1v) is 5.44. The second kappa shape index (κ2) is 4.08. The van der Waals surface area contributed by atoms with Crippen LogP contribution in [0.1, 0.15) is 30.6 Å². The molecule has 0 spiro atoms. The summed E-state index contributed by atoms with van der Waals surface area (Å²) in [5.41, 5.74) is 1.33. The van der Waals surface area contributed by atoms with Gasteiger partial charge >= 0.3 is 0 Å². The van der Waals surface area contributed by atoms with E-state index in [0.717, 1.165) is 11.8 Å². The van der Waals surface area contributed by atoms with E-state index in [9.17, 15) is 9.18 Å². The third-order valence-corrected chi connectivity index (χ3v) is 2.97. The molecule has 0 aliphatic rings. The number of carbonyl (C=O) groups is 1. The number of benzene rings is 1. The third-order valence-electron chi connectivity index (χ3n) is 2.97. The topological polar surface area (TPSA) is 32.9 Å².